The van der Waals surface area contributed by atoms with E-state index in [1.54, 1.807) is 24.5 Å². The molecule has 22 heavy (non-hydrogen) atoms. The summed E-state index contributed by atoms with van der Waals surface area (Å²) in [7, 11) is 0. The van der Waals surface area contributed by atoms with Gasteiger partial charge in [0.2, 0.25) is 0 Å². The molecule has 0 atom stereocenters. The van der Waals surface area contributed by atoms with Crippen molar-refractivity contribution in [3.05, 3.63) is 48.0 Å². The highest BCUT2D eigenvalue weighted by molar-refractivity contribution is 6.00. The SMILES string of the molecule is CCC(N)(CC)CNC(=O)c1c[nH]cc1-c1ccc(F)cc1. The number of aromatic nitrogens is 1. The zero-order valence-corrected chi connectivity index (χ0v) is 12.9. The highest BCUT2D eigenvalue weighted by Gasteiger charge is 2.22. The summed E-state index contributed by atoms with van der Waals surface area (Å²) in [6.45, 7) is 4.44. The average molecular weight is 303 g/mol. The minimum Gasteiger partial charge on any atom is -0.366 e. The summed E-state index contributed by atoms with van der Waals surface area (Å²) in [4.78, 5) is 15.3. The van der Waals surface area contributed by atoms with E-state index in [4.69, 9.17) is 5.73 Å². The zero-order valence-electron chi connectivity index (χ0n) is 12.9. The Balaban J connectivity index is 2.15. The fourth-order valence-corrected chi connectivity index (χ4v) is 2.27. The summed E-state index contributed by atoms with van der Waals surface area (Å²) in [5, 5.41) is 2.89. The smallest absolute Gasteiger partial charge is 0.253 e. The van der Waals surface area contributed by atoms with Crippen molar-refractivity contribution in [2.45, 2.75) is 32.2 Å². The van der Waals surface area contributed by atoms with Crippen molar-refractivity contribution in [2.24, 2.45) is 5.73 Å². The lowest BCUT2D eigenvalue weighted by Crippen LogP contribution is -2.49. The first-order valence-electron chi connectivity index (χ1n) is 7.49. The Morgan fingerprint density at radius 1 is 1.23 bits per heavy atom. The third-order valence-electron chi connectivity index (χ3n) is 4.15. The Morgan fingerprint density at radius 2 is 1.86 bits per heavy atom. The largest absolute Gasteiger partial charge is 0.366 e. The maximum atomic E-state index is 13.0. The molecule has 4 N–H and O–H groups in total. The Hall–Kier alpha value is -2.14. The van der Waals surface area contributed by atoms with Crippen molar-refractivity contribution in [1.29, 1.82) is 0 Å². The predicted molar refractivity (Wildman–Crippen MR) is 86.0 cm³/mol. The number of halogens is 1. The second-order valence-corrected chi connectivity index (χ2v) is 5.54. The highest BCUT2D eigenvalue weighted by atomic mass is 19.1. The number of hydrogen-bond acceptors (Lipinski definition) is 2. The van der Waals surface area contributed by atoms with Gasteiger partial charge in [-0.2, -0.15) is 0 Å². The van der Waals surface area contributed by atoms with Gasteiger partial charge in [0, 0.05) is 30.0 Å². The van der Waals surface area contributed by atoms with Gasteiger partial charge in [-0.3, -0.25) is 4.79 Å². The molecule has 1 aromatic carbocycles. The van der Waals surface area contributed by atoms with Crippen LogP contribution in [0.25, 0.3) is 11.1 Å². The quantitative estimate of drug-likeness (QED) is 0.767. The van der Waals surface area contributed by atoms with E-state index in [2.05, 4.69) is 10.3 Å². The van der Waals surface area contributed by atoms with Crippen LogP contribution in [0.4, 0.5) is 4.39 Å². The minimum absolute atomic E-state index is 0.183. The third-order valence-corrected chi connectivity index (χ3v) is 4.15. The minimum atomic E-state index is -0.387. The van der Waals surface area contributed by atoms with Crippen molar-refractivity contribution in [3.63, 3.8) is 0 Å². The van der Waals surface area contributed by atoms with Crippen LogP contribution in [0.15, 0.2) is 36.7 Å². The van der Waals surface area contributed by atoms with Crippen molar-refractivity contribution in [2.75, 3.05) is 6.54 Å². The molecule has 118 valence electrons. The van der Waals surface area contributed by atoms with Gasteiger partial charge in [0.15, 0.2) is 0 Å². The van der Waals surface area contributed by atoms with Gasteiger partial charge in [0.1, 0.15) is 5.82 Å². The van der Waals surface area contributed by atoms with Crippen LogP contribution in [0, 0.1) is 5.82 Å². The Kier molecular flexibility index (Phi) is 4.98. The molecule has 0 spiro atoms. The summed E-state index contributed by atoms with van der Waals surface area (Å²) >= 11 is 0. The van der Waals surface area contributed by atoms with E-state index in [1.807, 2.05) is 13.8 Å². The van der Waals surface area contributed by atoms with Crippen LogP contribution in [0.3, 0.4) is 0 Å². The number of amides is 1. The third kappa shape index (κ3) is 3.54. The molecule has 0 aliphatic carbocycles. The number of hydrogen-bond donors (Lipinski definition) is 3. The monoisotopic (exact) mass is 303 g/mol. The van der Waals surface area contributed by atoms with E-state index in [0.717, 1.165) is 24.0 Å². The number of carbonyl (C=O) groups is 1. The molecule has 1 heterocycles. The van der Waals surface area contributed by atoms with E-state index in [-0.39, 0.29) is 17.3 Å². The van der Waals surface area contributed by atoms with Gasteiger partial charge in [-0.25, -0.2) is 4.39 Å². The van der Waals surface area contributed by atoms with Gasteiger partial charge in [-0.15, -0.1) is 0 Å². The van der Waals surface area contributed by atoms with Crippen molar-refractivity contribution < 1.29 is 9.18 Å². The second kappa shape index (κ2) is 6.75. The lowest BCUT2D eigenvalue weighted by atomic mass is 9.94. The molecule has 0 saturated heterocycles. The van der Waals surface area contributed by atoms with Crippen molar-refractivity contribution in [3.8, 4) is 11.1 Å². The van der Waals surface area contributed by atoms with E-state index >= 15 is 0 Å². The van der Waals surface area contributed by atoms with Crippen LogP contribution in [0.5, 0.6) is 0 Å². The summed E-state index contributed by atoms with van der Waals surface area (Å²) in [5.74, 6) is -0.485. The number of nitrogens with one attached hydrogen (secondary N) is 2. The highest BCUT2D eigenvalue weighted by Crippen LogP contribution is 2.24. The van der Waals surface area contributed by atoms with E-state index < -0.39 is 0 Å². The Labute approximate surface area is 129 Å². The number of carbonyl (C=O) groups excluding carboxylic acids is 1. The predicted octanol–water partition coefficient (Wildman–Crippen LogP) is 3.07. The Morgan fingerprint density at radius 3 is 2.45 bits per heavy atom. The molecule has 4 nitrogen and oxygen atoms in total. The van der Waals surface area contributed by atoms with Crippen LogP contribution >= 0.6 is 0 Å². The maximum Gasteiger partial charge on any atom is 0.253 e. The molecule has 1 aromatic heterocycles. The average Bonchev–Trinajstić information content (AvgIpc) is 3.02. The van der Waals surface area contributed by atoms with Crippen LogP contribution in [-0.2, 0) is 0 Å². The standard InChI is InChI=1S/C17H22FN3O/c1-3-17(19,4-2)11-21-16(22)15-10-20-9-14(15)12-5-7-13(18)8-6-12/h5-10,20H,3-4,11,19H2,1-2H3,(H,21,22). The van der Waals surface area contributed by atoms with E-state index in [1.165, 1.54) is 12.1 Å². The van der Waals surface area contributed by atoms with Gasteiger partial charge < -0.3 is 16.0 Å². The Bertz CT molecular complexity index is 630. The number of rotatable bonds is 6. The number of benzene rings is 1. The van der Waals surface area contributed by atoms with Crippen molar-refractivity contribution >= 4 is 5.91 Å². The van der Waals surface area contributed by atoms with Crippen LogP contribution in [0.1, 0.15) is 37.0 Å². The maximum absolute atomic E-state index is 13.0. The molecule has 0 radical (unpaired) electrons. The van der Waals surface area contributed by atoms with Crippen molar-refractivity contribution in [1.82, 2.24) is 10.3 Å². The van der Waals surface area contributed by atoms with Gasteiger partial charge in [-0.05, 0) is 30.5 Å². The number of aromatic amines is 1. The first-order chi connectivity index (χ1) is 10.5. The first kappa shape index (κ1) is 16.2. The number of nitrogens with two attached hydrogens (primary N) is 1. The number of H-pyrrole nitrogens is 1. The molecule has 0 unspecified atom stereocenters. The molecule has 0 bridgehead atoms. The summed E-state index contributed by atoms with van der Waals surface area (Å²) in [6, 6.07) is 6.06. The summed E-state index contributed by atoms with van der Waals surface area (Å²) < 4.78 is 13.0. The summed E-state index contributed by atoms with van der Waals surface area (Å²) in [6.07, 6.45) is 4.96. The zero-order chi connectivity index (χ0) is 16.2. The first-order valence-corrected chi connectivity index (χ1v) is 7.49. The van der Waals surface area contributed by atoms with Gasteiger partial charge in [0.05, 0.1) is 5.56 Å². The molecular weight excluding hydrogens is 281 g/mol. The van der Waals surface area contributed by atoms with Gasteiger partial charge in [0.25, 0.3) is 5.91 Å². The van der Waals surface area contributed by atoms with Crippen LogP contribution in [-0.4, -0.2) is 23.0 Å². The molecule has 2 rings (SSSR count). The van der Waals surface area contributed by atoms with Crippen LogP contribution < -0.4 is 11.1 Å². The van der Waals surface area contributed by atoms with Gasteiger partial charge >= 0.3 is 0 Å². The fourth-order valence-electron chi connectivity index (χ4n) is 2.27. The van der Waals surface area contributed by atoms with Gasteiger partial charge in [-0.1, -0.05) is 26.0 Å². The molecule has 0 saturated carbocycles. The lowest BCUT2D eigenvalue weighted by Gasteiger charge is -2.26. The molecule has 2 aromatic rings. The normalized spacial score (nSPS) is 11.5. The molecular formula is C17H22FN3O. The molecule has 0 aliphatic rings. The fraction of sp³-hybridized carbons (Fsp3) is 0.353. The molecule has 0 fully saturated rings. The topological polar surface area (TPSA) is 70.9 Å². The second-order valence-electron chi connectivity index (χ2n) is 5.54. The van der Waals surface area contributed by atoms with E-state index in [9.17, 15) is 9.18 Å². The summed E-state index contributed by atoms with van der Waals surface area (Å²) in [5.41, 5.74) is 7.88. The molecule has 1 amide bonds. The van der Waals surface area contributed by atoms with Crippen LogP contribution in [0.2, 0.25) is 0 Å². The molecule has 0 aliphatic heterocycles. The lowest BCUT2D eigenvalue weighted by molar-refractivity contribution is 0.0943. The van der Waals surface area contributed by atoms with E-state index in [0.29, 0.717) is 12.1 Å². The molecule has 5 heteroatoms.